The number of carbonyl (C=O) groups is 1. The third-order valence-electron chi connectivity index (χ3n) is 2.56. The zero-order valence-corrected chi connectivity index (χ0v) is 10.9. The molecule has 1 amide bonds. The van der Waals surface area contributed by atoms with Crippen LogP contribution in [0.25, 0.3) is 6.08 Å². The van der Waals surface area contributed by atoms with Gasteiger partial charge in [-0.05, 0) is 12.1 Å². The third-order valence-corrected chi connectivity index (χ3v) is 2.56. The molecule has 0 aromatic heterocycles. The summed E-state index contributed by atoms with van der Waals surface area (Å²) in [5, 5.41) is 8.90. The lowest BCUT2D eigenvalue weighted by atomic mass is 10.2. The predicted octanol–water partition coefficient (Wildman–Crippen LogP) is 1.31. The van der Waals surface area contributed by atoms with Gasteiger partial charge < -0.3 is 14.7 Å². The molecule has 1 aromatic carbocycles. The van der Waals surface area contributed by atoms with E-state index < -0.39 is 0 Å². The Kier molecular flexibility index (Phi) is 6.78. The van der Waals surface area contributed by atoms with E-state index in [4.69, 9.17) is 9.84 Å². The van der Waals surface area contributed by atoms with Crippen molar-refractivity contribution in [1.82, 2.24) is 4.90 Å². The maximum atomic E-state index is 13.4. The first-order chi connectivity index (χ1) is 9.19. The molecule has 0 bridgehead atoms. The van der Waals surface area contributed by atoms with E-state index in [0.29, 0.717) is 18.7 Å². The lowest BCUT2D eigenvalue weighted by molar-refractivity contribution is -0.127. The molecule has 0 fully saturated rings. The molecule has 1 aromatic rings. The van der Waals surface area contributed by atoms with Crippen molar-refractivity contribution >= 4 is 12.0 Å². The third kappa shape index (κ3) is 5.19. The number of aliphatic hydroxyl groups excluding tert-OH is 1. The highest BCUT2D eigenvalue weighted by molar-refractivity contribution is 5.91. The maximum Gasteiger partial charge on any atom is 0.246 e. The van der Waals surface area contributed by atoms with Crippen LogP contribution in [0, 0.1) is 5.82 Å². The SMILES string of the molecule is COCCN(CCO)C(=O)/C=C/c1ccccc1F. The minimum atomic E-state index is -0.378. The second kappa shape index (κ2) is 8.39. The van der Waals surface area contributed by atoms with Crippen LogP contribution in [0.3, 0.4) is 0 Å². The van der Waals surface area contributed by atoms with Gasteiger partial charge in [-0.25, -0.2) is 4.39 Å². The smallest absolute Gasteiger partial charge is 0.246 e. The van der Waals surface area contributed by atoms with Gasteiger partial charge in [0, 0.05) is 31.8 Å². The molecule has 0 aliphatic carbocycles. The molecular weight excluding hydrogens is 249 g/mol. The molecule has 0 spiro atoms. The normalized spacial score (nSPS) is 10.9. The van der Waals surface area contributed by atoms with Crippen LogP contribution < -0.4 is 0 Å². The first-order valence-electron chi connectivity index (χ1n) is 6.00. The number of aliphatic hydroxyl groups is 1. The van der Waals surface area contributed by atoms with Crippen LogP contribution in [0.5, 0.6) is 0 Å². The Morgan fingerprint density at radius 1 is 1.42 bits per heavy atom. The van der Waals surface area contributed by atoms with Crippen molar-refractivity contribution in [2.75, 3.05) is 33.4 Å². The Bertz CT molecular complexity index is 434. The number of benzene rings is 1. The molecule has 104 valence electrons. The number of carbonyl (C=O) groups excluding carboxylic acids is 1. The monoisotopic (exact) mass is 267 g/mol. The molecule has 0 aliphatic rings. The van der Waals surface area contributed by atoms with E-state index in [2.05, 4.69) is 0 Å². The van der Waals surface area contributed by atoms with Gasteiger partial charge in [-0.1, -0.05) is 18.2 Å². The molecule has 0 aliphatic heterocycles. The summed E-state index contributed by atoms with van der Waals surface area (Å²) in [6.07, 6.45) is 2.72. The topological polar surface area (TPSA) is 49.8 Å². The van der Waals surface area contributed by atoms with E-state index in [0.717, 1.165) is 0 Å². The van der Waals surface area contributed by atoms with Crippen molar-refractivity contribution in [3.63, 3.8) is 0 Å². The Labute approximate surface area is 112 Å². The molecule has 0 saturated carbocycles. The van der Waals surface area contributed by atoms with Gasteiger partial charge in [-0.15, -0.1) is 0 Å². The molecule has 5 heteroatoms. The van der Waals surface area contributed by atoms with Gasteiger partial charge in [-0.3, -0.25) is 4.79 Å². The standard InChI is InChI=1S/C14H18FNO3/c1-19-11-9-16(8-10-17)14(18)7-6-12-4-2-3-5-13(12)15/h2-7,17H,8-11H2,1H3/b7-6+. The van der Waals surface area contributed by atoms with Crippen molar-refractivity contribution in [3.8, 4) is 0 Å². The van der Waals surface area contributed by atoms with Gasteiger partial charge in [0.1, 0.15) is 5.82 Å². The fourth-order valence-electron chi connectivity index (χ4n) is 1.53. The molecule has 0 radical (unpaired) electrons. The van der Waals surface area contributed by atoms with Crippen LogP contribution in [-0.4, -0.2) is 49.3 Å². The minimum absolute atomic E-state index is 0.122. The lowest BCUT2D eigenvalue weighted by Crippen LogP contribution is -2.34. The summed E-state index contributed by atoms with van der Waals surface area (Å²) in [6.45, 7) is 0.879. The second-order valence-electron chi connectivity index (χ2n) is 3.90. The van der Waals surface area contributed by atoms with Crippen LogP contribution >= 0.6 is 0 Å². The molecule has 0 atom stereocenters. The van der Waals surface area contributed by atoms with Crippen LogP contribution in [0.2, 0.25) is 0 Å². The van der Waals surface area contributed by atoms with Gasteiger partial charge in [0.05, 0.1) is 13.2 Å². The molecule has 19 heavy (non-hydrogen) atoms. The largest absolute Gasteiger partial charge is 0.395 e. The molecular formula is C14H18FNO3. The first-order valence-corrected chi connectivity index (χ1v) is 6.00. The van der Waals surface area contributed by atoms with Gasteiger partial charge in [0.25, 0.3) is 0 Å². The summed E-state index contributed by atoms with van der Waals surface area (Å²) in [7, 11) is 1.54. The van der Waals surface area contributed by atoms with Gasteiger partial charge in [0.2, 0.25) is 5.91 Å². The fraction of sp³-hybridized carbons (Fsp3) is 0.357. The molecule has 0 saturated heterocycles. The average molecular weight is 267 g/mol. The van der Waals surface area contributed by atoms with Crippen molar-refractivity contribution in [2.45, 2.75) is 0 Å². The maximum absolute atomic E-state index is 13.4. The summed E-state index contributed by atoms with van der Waals surface area (Å²) in [5.41, 5.74) is 0.353. The molecule has 0 heterocycles. The van der Waals surface area contributed by atoms with E-state index in [1.807, 2.05) is 0 Å². The number of amides is 1. The highest BCUT2D eigenvalue weighted by atomic mass is 19.1. The van der Waals surface area contributed by atoms with E-state index >= 15 is 0 Å². The quantitative estimate of drug-likeness (QED) is 0.758. The van der Waals surface area contributed by atoms with Crippen molar-refractivity contribution < 1.29 is 19.0 Å². The number of hydrogen-bond donors (Lipinski definition) is 1. The van der Waals surface area contributed by atoms with Gasteiger partial charge in [-0.2, -0.15) is 0 Å². The lowest BCUT2D eigenvalue weighted by Gasteiger charge is -2.19. The number of methoxy groups -OCH3 is 1. The van der Waals surface area contributed by atoms with Crippen LogP contribution in [0.1, 0.15) is 5.56 Å². The number of nitrogens with zero attached hydrogens (tertiary/aromatic N) is 1. The Morgan fingerprint density at radius 2 is 2.16 bits per heavy atom. The van der Waals surface area contributed by atoms with Crippen LogP contribution in [0.15, 0.2) is 30.3 Å². The van der Waals surface area contributed by atoms with E-state index in [-0.39, 0.29) is 24.9 Å². The zero-order valence-electron chi connectivity index (χ0n) is 10.9. The predicted molar refractivity (Wildman–Crippen MR) is 71.0 cm³/mol. The number of halogens is 1. The van der Waals surface area contributed by atoms with Crippen molar-refractivity contribution in [1.29, 1.82) is 0 Å². The van der Waals surface area contributed by atoms with E-state index in [1.54, 1.807) is 18.2 Å². The van der Waals surface area contributed by atoms with Gasteiger partial charge in [0.15, 0.2) is 0 Å². The van der Waals surface area contributed by atoms with Crippen LogP contribution in [0.4, 0.5) is 4.39 Å². The second-order valence-corrected chi connectivity index (χ2v) is 3.90. The minimum Gasteiger partial charge on any atom is -0.395 e. The fourth-order valence-corrected chi connectivity index (χ4v) is 1.53. The van der Waals surface area contributed by atoms with Gasteiger partial charge >= 0.3 is 0 Å². The molecule has 1 N–H and O–H groups in total. The van der Waals surface area contributed by atoms with Crippen molar-refractivity contribution in [2.24, 2.45) is 0 Å². The molecule has 0 unspecified atom stereocenters. The number of rotatable bonds is 7. The summed E-state index contributed by atoms with van der Waals surface area (Å²) < 4.78 is 18.2. The van der Waals surface area contributed by atoms with E-state index in [9.17, 15) is 9.18 Å². The Balaban J connectivity index is 2.67. The average Bonchev–Trinajstić information content (AvgIpc) is 2.42. The zero-order chi connectivity index (χ0) is 14.1. The summed E-state index contributed by atoms with van der Waals surface area (Å²) in [4.78, 5) is 13.3. The highest BCUT2D eigenvalue weighted by Crippen LogP contribution is 2.08. The van der Waals surface area contributed by atoms with E-state index in [1.165, 1.54) is 30.2 Å². The summed E-state index contributed by atoms with van der Waals surface area (Å²) >= 11 is 0. The number of hydrogen-bond acceptors (Lipinski definition) is 3. The summed E-state index contributed by atoms with van der Waals surface area (Å²) in [5.74, 6) is -0.661. The number of ether oxygens (including phenoxy) is 1. The van der Waals surface area contributed by atoms with Crippen molar-refractivity contribution in [3.05, 3.63) is 41.7 Å². The first kappa shape index (κ1) is 15.3. The summed E-state index contributed by atoms with van der Waals surface area (Å²) in [6, 6.07) is 6.21. The molecule has 1 rings (SSSR count). The Hall–Kier alpha value is -1.72. The Morgan fingerprint density at radius 3 is 2.79 bits per heavy atom. The highest BCUT2D eigenvalue weighted by Gasteiger charge is 2.09. The van der Waals surface area contributed by atoms with Crippen LogP contribution in [-0.2, 0) is 9.53 Å². The molecule has 4 nitrogen and oxygen atoms in total.